The van der Waals surface area contributed by atoms with Crippen LogP contribution < -0.4 is 9.47 Å². The lowest BCUT2D eigenvalue weighted by Gasteiger charge is -2.03. The normalized spacial score (nSPS) is 9.67. The first-order valence-corrected chi connectivity index (χ1v) is 10.2. The van der Waals surface area contributed by atoms with Crippen LogP contribution in [0.4, 0.5) is 0 Å². The van der Waals surface area contributed by atoms with E-state index in [4.69, 9.17) is 9.47 Å². The maximum Gasteiger partial charge on any atom is 0.119 e. The van der Waals surface area contributed by atoms with Gasteiger partial charge in [-0.2, -0.15) is 0 Å². The molecule has 1 heterocycles. The van der Waals surface area contributed by atoms with Gasteiger partial charge in [-0.15, -0.1) is 0 Å². The van der Waals surface area contributed by atoms with Crippen LogP contribution in [0.2, 0.25) is 0 Å². The second-order valence-electron chi connectivity index (χ2n) is 6.68. The summed E-state index contributed by atoms with van der Waals surface area (Å²) in [5, 5.41) is 0. The van der Waals surface area contributed by atoms with Crippen LogP contribution in [0.1, 0.15) is 49.1 Å². The highest BCUT2D eigenvalue weighted by atomic mass is 16.5. The van der Waals surface area contributed by atoms with Gasteiger partial charge in [0.05, 0.1) is 13.2 Å². The smallest absolute Gasteiger partial charge is 0.119 e. The van der Waals surface area contributed by atoms with Crippen LogP contribution in [0.5, 0.6) is 11.5 Å². The molecule has 150 valence electrons. The summed E-state index contributed by atoms with van der Waals surface area (Å²) in [6.07, 6.45) is 3.74. The Kier molecular flexibility index (Phi) is 7.95. The predicted molar refractivity (Wildman–Crippen MR) is 121 cm³/mol. The van der Waals surface area contributed by atoms with Crippen molar-refractivity contribution in [2.75, 3.05) is 13.2 Å². The van der Waals surface area contributed by atoms with Crippen molar-refractivity contribution in [2.24, 2.45) is 0 Å². The standard InChI is InChI=1S/C27H25NO2/c1-3-19-29-26-15-9-22(10-16-26)5-6-24-8-14-25(28-21-24)13-7-23-11-17-27(18-12-23)30-20-4-2/h8-12,14-18,21H,3-4,19-20H2,1-2H3. The second-order valence-corrected chi connectivity index (χ2v) is 6.68. The molecule has 0 radical (unpaired) electrons. The molecular formula is C27H25NO2. The van der Waals surface area contributed by atoms with Crippen molar-refractivity contribution >= 4 is 0 Å². The minimum atomic E-state index is 0.712. The first-order valence-electron chi connectivity index (χ1n) is 10.2. The van der Waals surface area contributed by atoms with Crippen molar-refractivity contribution in [3.05, 3.63) is 89.2 Å². The van der Waals surface area contributed by atoms with E-state index in [2.05, 4.69) is 42.5 Å². The van der Waals surface area contributed by atoms with Crippen LogP contribution in [-0.4, -0.2) is 18.2 Å². The van der Waals surface area contributed by atoms with Crippen LogP contribution in [0.3, 0.4) is 0 Å². The second kappa shape index (κ2) is 11.3. The van der Waals surface area contributed by atoms with Gasteiger partial charge < -0.3 is 9.47 Å². The minimum absolute atomic E-state index is 0.712. The Morgan fingerprint density at radius 2 is 1.07 bits per heavy atom. The molecule has 0 spiro atoms. The fourth-order valence-corrected chi connectivity index (χ4v) is 2.53. The predicted octanol–water partition coefficient (Wildman–Crippen LogP) is 5.46. The summed E-state index contributed by atoms with van der Waals surface area (Å²) in [5.74, 6) is 14.2. The Morgan fingerprint density at radius 1 is 0.600 bits per heavy atom. The third-order valence-corrected chi connectivity index (χ3v) is 4.10. The molecule has 0 saturated heterocycles. The van der Waals surface area contributed by atoms with E-state index < -0.39 is 0 Å². The number of benzene rings is 2. The zero-order valence-electron chi connectivity index (χ0n) is 17.4. The van der Waals surface area contributed by atoms with Gasteiger partial charge in [0, 0.05) is 22.9 Å². The van der Waals surface area contributed by atoms with E-state index >= 15 is 0 Å². The highest BCUT2D eigenvalue weighted by Crippen LogP contribution is 2.13. The highest BCUT2D eigenvalue weighted by Gasteiger charge is 1.95. The van der Waals surface area contributed by atoms with E-state index in [0.717, 1.165) is 54.2 Å². The zero-order valence-corrected chi connectivity index (χ0v) is 17.4. The average Bonchev–Trinajstić information content (AvgIpc) is 2.80. The Morgan fingerprint density at radius 3 is 1.53 bits per heavy atom. The van der Waals surface area contributed by atoms with E-state index in [0.29, 0.717) is 5.69 Å². The Bertz CT molecular complexity index is 956. The lowest BCUT2D eigenvalue weighted by Crippen LogP contribution is -1.94. The number of nitrogens with zero attached hydrogens (tertiary/aromatic N) is 1. The summed E-state index contributed by atoms with van der Waals surface area (Å²) in [6, 6.07) is 19.4. The van der Waals surface area contributed by atoms with Crippen molar-refractivity contribution < 1.29 is 9.47 Å². The van der Waals surface area contributed by atoms with Gasteiger partial charge in [0.25, 0.3) is 0 Å². The number of pyridine rings is 1. The van der Waals surface area contributed by atoms with Crippen molar-refractivity contribution in [3.63, 3.8) is 0 Å². The highest BCUT2D eigenvalue weighted by molar-refractivity contribution is 5.46. The van der Waals surface area contributed by atoms with Gasteiger partial charge in [-0.25, -0.2) is 4.98 Å². The van der Waals surface area contributed by atoms with Gasteiger partial charge in [0.2, 0.25) is 0 Å². The molecule has 0 atom stereocenters. The van der Waals surface area contributed by atoms with Crippen molar-refractivity contribution in [1.29, 1.82) is 0 Å². The summed E-state index contributed by atoms with van der Waals surface area (Å²) in [5.41, 5.74) is 3.43. The van der Waals surface area contributed by atoms with Gasteiger partial charge in [-0.05, 0) is 79.4 Å². The van der Waals surface area contributed by atoms with Gasteiger partial charge in [0.15, 0.2) is 0 Å². The molecule has 2 aromatic carbocycles. The van der Waals surface area contributed by atoms with E-state index in [1.165, 1.54) is 0 Å². The molecule has 3 rings (SSSR count). The van der Waals surface area contributed by atoms with E-state index in [1.54, 1.807) is 6.20 Å². The van der Waals surface area contributed by atoms with E-state index in [-0.39, 0.29) is 0 Å². The molecule has 30 heavy (non-hydrogen) atoms. The van der Waals surface area contributed by atoms with Gasteiger partial charge in [-0.1, -0.05) is 31.6 Å². The third-order valence-electron chi connectivity index (χ3n) is 4.10. The molecule has 0 saturated carbocycles. The molecule has 3 heteroatoms. The molecule has 3 aromatic rings. The molecule has 0 N–H and O–H groups in total. The molecule has 0 amide bonds. The van der Waals surface area contributed by atoms with Gasteiger partial charge in [0.1, 0.15) is 17.2 Å². The van der Waals surface area contributed by atoms with E-state index in [9.17, 15) is 0 Å². The molecule has 0 aliphatic carbocycles. The largest absolute Gasteiger partial charge is 0.494 e. The van der Waals surface area contributed by atoms with E-state index in [1.807, 2.05) is 60.7 Å². The van der Waals surface area contributed by atoms with Gasteiger partial charge >= 0.3 is 0 Å². The molecular weight excluding hydrogens is 370 g/mol. The zero-order chi connectivity index (χ0) is 21.0. The van der Waals surface area contributed by atoms with Crippen LogP contribution in [0, 0.1) is 23.7 Å². The maximum atomic E-state index is 5.59. The summed E-state index contributed by atoms with van der Waals surface area (Å²) in [7, 11) is 0. The van der Waals surface area contributed by atoms with Gasteiger partial charge in [-0.3, -0.25) is 0 Å². The number of hydrogen-bond acceptors (Lipinski definition) is 3. The summed E-state index contributed by atoms with van der Waals surface area (Å²) >= 11 is 0. The Balaban J connectivity index is 1.59. The molecule has 1 aromatic heterocycles. The fraction of sp³-hybridized carbons (Fsp3) is 0.222. The Hall–Kier alpha value is -3.69. The summed E-state index contributed by atoms with van der Waals surface area (Å²) < 4.78 is 11.2. The maximum absolute atomic E-state index is 5.59. The minimum Gasteiger partial charge on any atom is -0.494 e. The quantitative estimate of drug-likeness (QED) is 0.520. The Labute approximate surface area is 179 Å². The molecule has 0 unspecified atom stereocenters. The number of ether oxygens (including phenoxy) is 2. The lowest BCUT2D eigenvalue weighted by atomic mass is 10.2. The monoisotopic (exact) mass is 395 g/mol. The van der Waals surface area contributed by atoms with Crippen LogP contribution in [0.15, 0.2) is 66.9 Å². The van der Waals surface area contributed by atoms with Crippen molar-refractivity contribution in [2.45, 2.75) is 26.7 Å². The summed E-state index contributed by atoms with van der Waals surface area (Å²) in [4.78, 5) is 4.39. The molecule has 3 nitrogen and oxygen atoms in total. The van der Waals surface area contributed by atoms with Crippen LogP contribution >= 0.6 is 0 Å². The molecule has 0 fully saturated rings. The fourth-order valence-electron chi connectivity index (χ4n) is 2.53. The first-order chi connectivity index (χ1) is 14.8. The molecule has 0 bridgehead atoms. The van der Waals surface area contributed by atoms with Crippen molar-refractivity contribution in [1.82, 2.24) is 4.98 Å². The number of hydrogen-bond donors (Lipinski definition) is 0. The number of aromatic nitrogens is 1. The SMILES string of the molecule is CCCOc1ccc(C#Cc2ccc(C#Cc3ccc(OCCC)cc3)nc2)cc1. The average molecular weight is 396 g/mol. The van der Waals surface area contributed by atoms with Crippen LogP contribution in [0.25, 0.3) is 0 Å². The van der Waals surface area contributed by atoms with Crippen molar-refractivity contribution in [3.8, 4) is 35.2 Å². The topological polar surface area (TPSA) is 31.4 Å². The first kappa shape index (κ1) is 21.0. The molecule has 0 aliphatic rings. The lowest BCUT2D eigenvalue weighted by molar-refractivity contribution is 0.317. The summed E-state index contributed by atoms with van der Waals surface area (Å²) in [6.45, 7) is 5.63. The number of rotatable bonds is 6. The molecule has 0 aliphatic heterocycles. The van der Waals surface area contributed by atoms with Crippen LogP contribution in [-0.2, 0) is 0 Å². The third kappa shape index (κ3) is 6.73.